The summed E-state index contributed by atoms with van der Waals surface area (Å²) in [6.07, 6.45) is 2.55. The van der Waals surface area contributed by atoms with Crippen molar-refractivity contribution in [3.05, 3.63) is 11.6 Å². The summed E-state index contributed by atoms with van der Waals surface area (Å²) in [5, 5.41) is 68.9. The van der Waals surface area contributed by atoms with Crippen molar-refractivity contribution < 1.29 is 40.2 Å². The topological polar surface area (TPSA) is 148 Å². The summed E-state index contributed by atoms with van der Waals surface area (Å²) in [6.45, 7) is 9.78. The van der Waals surface area contributed by atoms with Gasteiger partial charge in [0.2, 0.25) is 0 Å². The van der Waals surface area contributed by atoms with Crippen LogP contribution in [0.1, 0.15) is 92.4 Å². The number of ketones is 1. The van der Waals surface area contributed by atoms with Crippen LogP contribution >= 0.6 is 0 Å². The van der Waals surface area contributed by atoms with Crippen molar-refractivity contribution in [2.24, 2.45) is 45.8 Å². The van der Waals surface area contributed by atoms with Gasteiger partial charge >= 0.3 is 0 Å². The fraction of sp³-hybridized carbons (Fsp3) is 0.909. The van der Waals surface area contributed by atoms with Gasteiger partial charge in [0.05, 0.1) is 30.0 Å². The summed E-state index contributed by atoms with van der Waals surface area (Å²) >= 11 is 0. The van der Waals surface area contributed by atoms with E-state index < -0.39 is 69.8 Å². The number of rotatable bonds is 5. The molecule has 6 N–H and O–H groups in total. The predicted molar refractivity (Wildman–Crippen MR) is 151 cm³/mol. The second-order valence-corrected chi connectivity index (χ2v) is 15.8. The van der Waals surface area contributed by atoms with E-state index in [2.05, 4.69) is 6.92 Å². The second-order valence-electron chi connectivity index (χ2n) is 15.8. The summed E-state index contributed by atoms with van der Waals surface area (Å²) in [6, 6.07) is 0. The minimum absolute atomic E-state index is 0.0280. The predicted octanol–water partition coefficient (Wildman–Crippen LogP) is 2.51. The van der Waals surface area contributed by atoms with Crippen molar-refractivity contribution >= 4 is 5.78 Å². The number of carbonyl (C=O) groups is 1. The lowest BCUT2D eigenvalue weighted by molar-refractivity contribution is -0.205. The molecule has 232 valence electrons. The molecule has 0 amide bonds. The van der Waals surface area contributed by atoms with Crippen molar-refractivity contribution in [2.75, 3.05) is 6.61 Å². The Kier molecular flexibility index (Phi) is 7.04. The maximum atomic E-state index is 14.2. The van der Waals surface area contributed by atoms with E-state index in [-0.39, 0.29) is 43.0 Å². The van der Waals surface area contributed by atoms with Crippen LogP contribution in [0.15, 0.2) is 11.6 Å². The molecule has 5 aliphatic carbocycles. The van der Waals surface area contributed by atoms with Crippen LogP contribution in [0.2, 0.25) is 0 Å². The Hall–Kier alpha value is -0.870. The lowest BCUT2D eigenvalue weighted by Crippen LogP contribution is -2.67. The van der Waals surface area contributed by atoms with E-state index in [1.807, 2.05) is 27.7 Å². The van der Waals surface area contributed by atoms with Gasteiger partial charge in [0.25, 0.3) is 0 Å². The van der Waals surface area contributed by atoms with Gasteiger partial charge in [-0.05, 0) is 66.9 Å². The summed E-state index contributed by atoms with van der Waals surface area (Å²) < 4.78 is 6.50. The molecule has 0 radical (unpaired) electrons. The van der Waals surface area contributed by atoms with Gasteiger partial charge in [-0.25, -0.2) is 0 Å². The summed E-state index contributed by atoms with van der Waals surface area (Å²) in [5.74, 6) is -1.12. The number of carbonyl (C=O) groups excluding carboxylic acids is 1. The van der Waals surface area contributed by atoms with Crippen molar-refractivity contribution in [3.63, 3.8) is 0 Å². The van der Waals surface area contributed by atoms with Gasteiger partial charge in [-0.1, -0.05) is 47.5 Å². The molecule has 0 bridgehead atoms. The van der Waals surface area contributed by atoms with Gasteiger partial charge in [0, 0.05) is 42.1 Å². The van der Waals surface area contributed by atoms with Crippen molar-refractivity contribution in [1.82, 2.24) is 0 Å². The number of hydrogen-bond acceptors (Lipinski definition) is 8. The standard InChI is InChI=1S/C33H52O8/c1-17(2)18(3)24(37)28-32(39,12-13-34)26-23(41-28)16-33(40)20-14-21(35)25-29(4,19(20)8-11-30(26,33)5)15-22(36)27(38)31(25)9-6-7-10-31/h14,17-19,22-28,34,36-40H,6-13,15-16H2,1-5H3. The lowest BCUT2D eigenvalue weighted by Gasteiger charge is -2.64. The zero-order valence-electron chi connectivity index (χ0n) is 25.4. The average molecular weight is 577 g/mol. The van der Waals surface area contributed by atoms with Crippen LogP contribution in [0.4, 0.5) is 0 Å². The molecule has 4 saturated carbocycles. The molecule has 1 spiro atoms. The molecule has 0 aromatic rings. The van der Waals surface area contributed by atoms with Crippen LogP contribution in [-0.2, 0) is 9.53 Å². The number of aliphatic hydroxyl groups is 6. The maximum Gasteiger partial charge on any atom is 0.160 e. The average Bonchev–Trinajstić information content (AvgIpc) is 3.54. The third-order valence-electron chi connectivity index (χ3n) is 13.8. The van der Waals surface area contributed by atoms with E-state index in [0.717, 1.165) is 25.7 Å². The van der Waals surface area contributed by atoms with Gasteiger partial charge in [-0.3, -0.25) is 4.79 Å². The first-order valence-corrected chi connectivity index (χ1v) is 16.1. The maximum absolute atomic E-state index is 14.2. The number of hydrogen-bond donors (Lipinski definition) is 6. The fourth-order valence-electron chi connectivity index (χ4n) is 11.6. The highest BCUT2D eigenvalue weighted by Gasteiger charge is 2.77. The van der Waals surface area contributed by atoms with E-state index in [0.29, 0.717) is 24.8 Å². The minimum Gasteiger partial charge on any atom is -0.396 e. The van der Waals surface area contributed by atoms with E-state index in [9.17, 15) is 35.4 Å². The van der Waals surface area contributed by atoms with Crippen molar-refractivity contribution in [3.8, 4) is 0 Å². The van der Waals surface area contributed by atoms with Crippen molar-refractivity contribution in [2.45, 2.75) is 134 Å². The third kappa shape index (κ3) is 3.68. The molecule has 1 saturated heterocycles. The van der Waals surface area contributed by atoms with Crippen molar-refractivity contribution in [1.29, 1.82) is 0 Å². The summed E-state index contributed by atoms with van der Waals surface area (Å²) in [7, 11) is 0. The van der Waals surface area contributed by atoms with Gasteiger partial charge in [0.1, 0.15) is 11.7 Å². The molecular weight excluding hydrogens is 524 g/mol. The molecule has 1 heterocycles. The highest BCUT2D eigenvalue weighted by Crippen LogP contribution is 2.73. The molecule has 13 unspecified atom stereocenters. The Morgan fingerprint density at radius 2 is 1.71 bits per heavy atom. The number of ether oxygens (including phenoxy) is 1. The first-order chi connectivity index (χ1) is 19.1. The molecular formula is C33H52O8. The van der Waals surface area contributed by atoms with E-state index in [1.165, 1.54) is 0 Å². The molecule has 41 heavy (non-hydrogen) atoms. The molecule has 6 rings (SSSR count). The SMILES string of the molecule is CC(C)C(C)C(O)C1OC2CC3(O)C4=CC(=O)C5C(C)(CC(O)C(O)C56CCCC6)C4CCC3(C)C2C1(O)CCO. The Bertz CT molecular complexity index is 1100. The van der Waals surface area contributed by atoms with Gasteiger partial charge in [-0.2, -0.15) is 0 Å². The van der Waals surface area contributed by atoms with Crippen LogP contribution < -0.4 is 0 Å². The lowest BCUT2D eigenvalue weighted by atomic mass is 9.41. The zero-order chi connectivity index (χ0) is 29.9. The third-order valence-corrected chi connectivity index (χ3v) is 13.8. The Labute approximate surface area is 244 Å². The molecule has 8 heteroatoms. The minimum atomic E-state index is -1.54. The summed E-state index contributed by atoms with van der Waals surface area (Å²) in [5.41, 5.74) is -4.36. The molecule has 13 atom stereocenters. The largest absolute Gasteiger partial charge is 0.396 e. The number of allylic oxidation sites excluding steroid dienone is 1. The fourth-order valence-corrected chi connectivity index (χ4v) is 11.6. The first kappa shape index (κ1) is 30.2. The molecule has 0 aromatic heterocycles. The Morgan fingerprint density at radius 1 is 1.05 bits per heavy atom. The van der Waals surface area contributed by atoms with Gasteiger partial charge < -0.3 is 35.4 Å². The van der Waals surface area contributed by atoms with Gasteiger partial charge in [0.15, 0.2) is 5.78 Å². The Balaban J connectivity index is 1.41. The number of aliphatic hydroxyl groups excluding tert-OH is 4. The van der Waals surface area contributed by atoms with Crippen LogP contribution in [0, 0.1) is 45.8 Å². The molecule has 1 aliphatic heterocycles. The van der Waals surface area contributed by atoms with Crippen LogP contribution in [0.3, 0.4) is 0 Å². The molecule has 8 nitrogen and oxygen atoms in total. The first-order valence-electron chi connectivity index (χ1n) is 16.1. The second kappa shape index (κ2) is 9.56. The normalized spacial score (nSPS) is 51.7. The van der Waals surface area contributed by atoms with Gasteiger partial charge in [-0.15, -0.1) is 0 Å². The van der Waals surface area contributed by atoms with E-state index >= 15 is 0 Å². The molecule has 6 aliphatic rings. The van der Waals surface area contributed by atoms with E-state index in [1.54, 1.807) is 6.08 Å². The molecule has 5 fully saturated rings. The van der Waals surface area contributed by atoms with Crippen LogP contribution in [0.25, 0.3) is 0 Å². The van der Waals surface area contributed by atoms with Crippen LogP contribution in [0.5, 0.6) is 0 Å². The Morgan fingerprint density at radius 3 is 2.32 bits per heavy atom. The monoisotopic (exact) mass is 576 g/mol. The quantitative estimate of drug-likeness (QED) is 0.293. The molecule has 0 aromatic carbocycles. The van der Waals surface area contributed by atoms with E-state index in [4.69, 9.17) is 4.74 Å². The highest BCUT2D eigenvalue weighted by molar-refractivity contribution is 5.95. The summed E-state index contributed by atoms with van der Waals surface area (Å²) in [4.78, 5) is 14.2. The zero-order valence-corrected chi connectivity index (χ0v) is 25.4. The highest BCUT2D eigenvalue weighted by atomic mass is 16.5. The van der Waals surface area contributed by atoms with Crippen LogP contribution in [-0.4, -0.2) is 84.8 Å². The smallest absolute Gasteiger partial charge is 0.160 e. The number of fused-ring (bicyclic) bond motifs is 8.